The molecule has 0 aliphatic heterocycles. The number of hydrogen-bond acceptors (Lipinski definition) is 5. The molecule has 0 bridgehead atoms. The van der Waals surface area contributed by atoms with Crippen LogP contribution in [0.2, 0.25) is 0 Å². The summed E-state index contributed by atoms with van der Waals surface area (Å²) >= 11 is 0. The predicted octanol–water partition coefficient (Wildman–Crippen LogP) is 2.55. The number of hydrogen-bond donors (Lipinski definition) is 2. The second-order valence-electron chi connectivity index (χ2n) is 7.36. The number of rotatable bonds is 4. The molecule has 4 aromatic rings. The number of H-pyrrole nitrogens is 1. The highest BCUT2D eigenvalue weighted by molar-refractivity contribution is 5.93. The van der Waals surface area contributed by atoms with E-state index < -0.39 is 29.3 Å². The van der Waals surface area contributed by atoms with Crippen molar-refractivity contribution in [3.05, 3.63) is 68.6 Å². The van der Waals surface area contributed by atoms with Crippen molar-refractivity contribution in [2.24, 2.45) is 7.05 Å². The lowest BCUT2D eigenvalue weighted by Gasteiger charge is -2.13. The predicted molar refractivity (Wildman–Crippen MR) is 108 cm³/mol. The maximum atomic E-state index is 13.8. The standard InChI is InChI=1S/C20H17F4N7O2/c1-9-13(10(2)26-17-14(9)18(32)28-30(17)3)8-25-19(33)15-16(20(22,23)24)31(29-27-15)12-6-4-5-11(21)7-12/h4-7H,8H2,1-3H3,(H,25,33)(H,28,32). The average Bonchev–Trinajstić information content (AvgIpc) is 3.29. The van der Waals surface area contributed by atoms with Crippen molar-refractivity contribution in [2.45, 2.75) is 26.6 Å². The Kier molecular flexibility index (Phi) is 5.26. The zero-order chi connectivity index (χ0) is 24.1. The van der Waals surface area contributed by atoms with Crippen LogP contribution in [-0.2, 0) is 19.8 Å². The molecule has 4 rings (SSSR count). The number of amides is 1. The Hall–Kier alpha value is -4.03. The third-order valence-corrected chi connectivity index (χ3v) is 5.21. The molecule has 0 aliphatic rings. The van der Waals surface area contributed by atoms with Gasteiger partial charge in [0.2, 0.25) is 0 Å². The monoisotopic (exact) mass is 463 g/mol. The fraction of sp³-hybridized carbons (Fsp3) is 0.250. The molecule has 0 atom stereocenters. The lowest BCUT2D eigenvalue weighted by Crippen LogP contribution is -2.27. The van der Waals surface area contributed by atoms with Crippen molar-refractivity contribution in [3.63, 3.8) is 0 Å². The van der Waals surface area contributed by atoms with Crippen molar-refractivity contribution in [2.75, 3.05) is 0 Å². The summed E-state index contributed by atoms with van der Waals surface area (Å²) in [6.45, 7) is 3.12. The first kappa shape index (κ1) is 22.2. The second kappa shape index (κ2) is 7.83. The number of carbonyl (C=O) groups is 1. The molecule has 3 heterocycles. The van der Waals surface area contributed by atoms with Crippen molar-refractivity contribution < 1.29 is 22.4 Å². The highest BCUT2D eigenvalue weighted by atomic mass is 19.4. The van der Waals surface area contributed by atoms with Gasteiger partial charge in [-0.1, -0.05) is 11.3 Å². The van der Waals surface area contributed by atoms with Crippen LogP contribution in [0.3, 0.4) is 0 Å². The van der Waals surface area contributed by atoms with Crippen LogP contribution in [0.15, 0.2) is 29.1 Å². The molecule has 33 heavy (non-hydrogen) atoms. The molecule has 13 heteroatoms. The molecular formula is C20H17F4N7O2. The van der Waals surface area contributed by atoms with E-state index in [2.05, 4.69) is 25.7 Å². The fourth-order valence-corrected chi connectivity index (χ4v) is 3.64. The minimum atomic E-state index is -4.99. The maximum Gasteiger partial charge on any atom is 0.435 e. The number of aromatic nitrogens is 6. The highest BCUT2D eigenvalue weighted by Crippen LogP contribution is 2.33. The number of aryl methyl sites for hydroxylation is 3. The van der Waals surface area contributed by atoms with Crippen LogP contribution >= 0.6 is 0 Å². The van der Waals surface area contributed by atoms with E-state index in [9.17, 15) is 27.2 Å². The molecule has 0 spiro atoms. The Morgan fingerprint density at radius 2 is 1.97 bits per heavy atom. The number of aromatic amines is 1. The molecule has 0 unspecified atom stereocenters. The molecule has 0 radical (unpaired) electrons. The molecule has 0 saturated carbocycles. The van der Waals surface area contributed by atoms with E-state index in [4.69, 9.17) is 0 Å². The van der Waals surface area contributed by atoms with Gasteiger partial charge in [0.05, 0.1) is 11.1 Å². The Morgan fingerprint density at radius 3 is 2.64 bits per heavy atom. The zero-order valence-corrected chi connectivity index (χ0v) is 17.6. The summed E-state index contributed by atoms with van der Waals surface area (Å²) in [6.07, 6.45) is -4.99. The van der Waals surface area contributed by atoms with Crippen LogP contribution in [0.4, 0.5) is 17.6 Å². The second-order valence-corrected chi connectivity index (χ2v) is 7.36. The van der Waals surface area contributed by atoms with Gasteiger partial charge in [-0.2, -0.15) is 13.2 Å². The van der Waals surface area contributed by atoms with Gasteiger partial charge < -0.3 is 5.32 Å². The Labute approximate surface area is 183 Å². The third-order valence-electron chi connectivity index (χ3n) is 5.21. The minimum absolute atomic E-state index is 0.197. The molecule has 0 aliphatic carbocycles. The first-order chi connectivity index (χ1) is 15.5. The Bertz CT molecular complexity index is 1450. The topological polar surface area (TPSA) is 110 Å². The van der Waals surface area contributed by atoms with Crippen LogP contribution in [0.25, 0.3) is 16.7 Å². The number of alkyl halides is 3. The molecule has 0 saturated heterocycles. The van der Waals surface area contributed by atoms with E-state index in [1.54, 1.807) is 20.9 Å². The number of nitrogens with zero attached hydrogens (tertiary/aromatic N) is 5. The Balaban J connectivity index is 1.69. The van der Waals surface area contributed by atoms with E-state index in [-0.39, 0.29) is 17.8 Å². The van der Waals surface area contributed by atoms with E-state index in [0.717, 1.165) is 12.1 Å². The van der Waals surface area contributed by atoms with Crippen LogP contribution < -0.4 is 10.9 Å². The van der Waals surface area contributed by atoms with Crippen LogP contribution in [-0.4, -0.2) is 35.7 Å². The molecule has 0 fully saturated rings. The lowest BCUT2D eigenvalue weighted by molar-refractivity contribution is -0.143. The molecular weight excluding hydrogens is 446 g/mol. The van der Waals surface area contributed by atoms with Gasteiger partial charge in [-0.05, 0) is 43.2 Å². The van der Waals surface area contributed by atoms with Crippen molar-refractivity contribution in [1.29, 1.82) is 0 Å². The molecule has 1 aromatic carbocycles. The number of benzene rings is 1. The molecule has 2 N–H and O–H groups in total. The van der Waals surface area contributed by atoms with Crippen molar-refractivity contribution >= 4 is 16.9 Å². The van der Waals surface area contributed by atoms with E-state index in [1.165, 1.54) is 16.8 Å². The van der Waals surface area contributed by atoms with Gasteiger partial charge in [0.25, 0.3) is 11.5 Å². The van der Waals surface area contributed by atoms with Gasteiger partial charge in [-0.25, -0.2) is 14.1 Å². The number of nitrogens with one attached hydrogen (secondary N) is 2. The highest BCUT2D eigenvalue weighted by Gasteiger charge is 2.42. The number of pyridine rings is 1. The van der Waals surface area contributed by atoms with E-state index in [1.807, 2.05) is 0 Å². The van der Waals surface area contributed by atoms with Gasteiger partial charge in [0, 0.05) is 19.3 Å². The summed E-state index contributed by atoms with van der Waals surface area (Å²) in [5.41, 5.74) is -1.07. The first-order valence-electron chi connectivity index (χ1n) is 9.61. The normalized spacial score (nSPS) is 11.8. The third kappa shape index (κ3) is 3.85. The smallest absolute Gasteiger partial charge is 0.346 e. The summed E-state index contributed by atoms with van der Waals surface area (Å²) in [5, 5.41) is 12.1. The van der Waals surface area contributed by atoms with Gasteiger partial charge in [0.15, 0.2) is 17.0 Å². The van der Waals surface area contributed by atoms with Crippen LogP contribution in [0.5, 0.6) is 0 Å². The number of carbonyl (C=O) groups excluding carboxylic acids is 1. The number of fused-ring (bicyclic) bond motifs is 1. The summed E-state index contributed by atoms with van der Waals surface area (Å²) in [5.74, 6) is -1.90. The number of halogens is 4. The summed E-state index contributed by atoms with van der Waals surface area (Å²) < 4.78 is 56.7. The molecule has 1 amide bonds. The van der Waals surface area contributed by atoms with Gasteiger partial charge in [-0.15, -0.1) is 5.10 Å². The van der Waals surface area contributed by atoms with Crippen LogP contribution in [0.1, 0.15) is 33.0 Å². The van der Waals surface area contributed by atoms with E-state index in [0.29, 0.717) is 32.5 Å². The van der Waals surface area contributed by atoms with Crippen molar-refractivity contribution in [1.82, 2.24) is 35.1 Å². The van der Waals surface area contributed by atoms with E-state index >= 15 is 0 Å². The quantitative estimate of drug-likeness (QED) is 0.452. The maximum absolute atomic E-state index is 13.8. The Morgan fingerprint density at radius 1 is 1.24 bits per heavy atom. The molecule has 3 aromatic heterocycles. The average molecular weight is 463 g/mol. The largest absolute Gasteiger partial charge is 0.435 e. The lowest BCUT2D eigenvalue weighted by atomic mass is 10.0. The summed E-state index contributed by atoms with van der Waals surface area (Å²) in [4.78, 5) is 29.2. The SMILES string of the molecule is Cc1nc2c(c(C)c1CNC(=O)c1nnn(-c3cccc(F)c3)c1C(F)(F)F)c(=O)[nH]n2C. The van der Waals surface area contributed by atoms with Gasteiger partial charge in [-0.3, -0.25) is 19.4 Å². The molecule has 172 valence electrons. The summed E-state index contributed by atoms with van der Waals surface area (Å²) in [7, 11) is 1.62. The summed E-state index contributed by atoms with van der Waals surface area (Å²) in [6, 6.07) is 4.33. The molecule has 9 nitrogen and oxygen atoms in total. The van der Waals surface area contributed by atoms with Gasteiger partial charge in [0.1, 0.15) is 5.82 Å². The van der Waals surface area contributed by atoms with Crippen molar-refractivity contribution in [3.8, 4) is 5.69 Å². The van der Waals surface area contributed by atoms with Crippen LogP contribution in [0, 0.1) is 19.7 Å². The van der Waals surface area contributed by atoms with Gasteiger partial charge >= 0.3 is 6.18 Å². The minimum Gasteiger partial charge on any atom is -0.346 e. The first-order valence-corrected chi connectivity index (χ1v) is 9.61. The zero-order valence-electron chi connectivity index (χ0n) is 17.6. The fourth-order valence-electron chi connectivity index (χ4n) is 3.64.